The van der Waals surface area contributed by atoms with E-state index < -0.39 is 0 Å². The van der Waals surface area contributed by atoms with Crippen LogP contribution in [0.2, 0.25) is 0 Å². The number of aromatic nitrogens is 1. The van der Waals surface area contributed by atoms with Crippen LogP contribution < -0.4 is 16.0 Å². The molecule has 0 bridgehead atoms. The predicted molar refractivity (Wildman–Crippen MR) is 126 cm³/mol. The fourth-order valence-electron chi connectivity index (χ4n) is 2.77. The van der Waals surface area contributed by atoms with Crippen molar-refractivity contribution < 1.29 is 14.3 Å². The van der Waals surface area contributed by atoms with E-state index in [9.17, 15) is 9.59 Å². The van der Waals surface area contributed by atoms with E-state index in [1.165, 1.54) is 17.8 Å². The van der Waals surface area contributed by atoms with Gasteiger partial charge in [-0.3, -0.25) is 9.79 Å². The number of hydrogen-bond donors (Lipinski definition) is 3. The molecule has 10 heteroatoms. The number of carbonyl (C=O) groups excluding carboxylic acids is 2. The Morgan fingerprint density at radius 3 is 2.59 bits per heavy atom. The zero-order valence-corrected chi connectivity index (χ0v) is 20.7. The van der Waals surface area contributed by atoms with Gasteiger partial charge in [0.1, 0.15) is 9.88 Å². The maximum absolute atomic E-state index is 12.0. The van der Waals surface area contributed by atoms with Crippen LogP contribution in [-0.2, 0) is 9.53 Å². The lowest BCUT2D eigenvalue weighted by Gasteiger charge is -2.24. The van der Waals surface area contributed by atoms with Gasteiger partial charge in [-0.25, -0.2) is 9.78 Å². The number of nitrogens with one attached hydrogen (secondary N) is 3. The summed E-state index contributed by atoms with van der Waals surface area (Å²) in [4.78, 5) is 33.0. The Hall–Kier alpha value is -1.43. The maximum atomic E-state index is 12.0. The smallest absolute Gasteiger partial charge is 0.350 e. The molecule has 1 aromatic rings. The van der Waals surface area contributed by atoms with Gasteiger partial charge in [0.25, 0.3) is 0 Å². The van der Waals surface area contributed by atoms with Crippen LogP contribution in [0.4, 0.5) is 0 Å². The minimum Gasteiger partial charge on any atom is -0.462 e. The molecule has 2 rings (SSSR count). The van der Waals surface area contributed by atoms with E-state index in [2.05, 4.69) is 25.9 Å². The van der Waals surface area contributed by atoms with Crippen LogP contribution in [0, 0.1) is 12.8 Å². The summed E-state index contributed by atoms with van der Waals surface area (Å²) >= 11 is 1.34. The SMILES string of the molecule is CCOC(=O)c1sc(C(C)NC(=NC)NCCCNC(=O)C2CCC2)nc1C.I. The predicted octanol–water partition coefficient (Wildman–Crippen LogP) is 2.78. The number of ether oxygens (including phenoxy) is 1. The average molecular weight is 537 g/mol. The van der Waals surface area contributed by atoms with Gasteiger partial charge in [-0.05, 0) is 40.0 Å². The van der Waals surface area contributed by atoms with E-state index in [1.54, 1.807) is 14.0 Å². The lowest BCUT2D eigenvalue weighted by Crippen LogP contribution is -2.40. The number of amides is 1. The van der Waals surface area contributed by atoms with Gasteiger partial charge in [-0.1, -0.05) is 6.42 Å². The molecule has 1 fully saturated rings. The summed E-state index contributed by atoms with van der Waals surface area (Å²) in [6.07, 6.45) is 4.02. The molecule has 0 aromatic carbocycles. The Balaban J connectivity index is 0.00000420. The summed E-state index contributed by atoms with van der Waals surface area (Å²) in [6, 6.07) is -0.101. The molecule has 0 saturated heterocycles. The van der Waals surface area contributed by atoms with Crippen molar-refractivity contribution in [2.24, 2.45) is 10.9 Å². The first-order chi connectivity index (χ1) is 13.5. The molecule has 29 heavy (non-hydrogen) atoms. The van der Waals surface area contributed by atoms with Gasteiger partial charge in [0.15, 0.2) is 5.96 Å². The molecule has 0 radical (unpaired) electrons. The Bertz CT molecular complexity index is 706. The fraction of sp³-hybridized carbons (Fsp3) is 0.684. The highest BCUT2D eigenvalue weighted by molar-refractivity contribution is 14.0. The first-order valence-electron chi connectivity index (χ1n) is 9.85. The van der Waals surface area contributed by atoms with Gasteiger partial charge in [-0.2, -0.15) is 0 Å². The maximum Gasteiger partial charge on any atom is 0.350 e. The van der Waals surface area contributed by atoms with E-state index in [4.69, 9.17) is 4.74 Å². The molecule has 1 unspecified atom stereocenters. The molecule has 1 aromatic heterocycles. The fourth-order valence-corrected chi connectivity index (χ4v) is 3.73. The topological polar surface area (TPSA) is 105 Å². The Morgan fingerprint density at radius 1 is 1.31 bits per heavy atom. The van der Waals surface area contributed by atoms with Gasteiger partial charge in [0, 0.05) is 26.1 Å². The van der Waals surface area contributed by atoms with Crippen molar-refractivity contribution >= 4 is 53.1 Å². The summed E-state index contributed by atoms with van der Waals surface area (Å²) in [6.45, 7) is 7.26. The van der Waals surface area contributed by atoms with Crippen LogP contribution in [0.5, 0.6) is 0 Å². The molecule has 1 aliphatic rings. The number of nitrogens with zero attached hydrogens (tertiary/aromatic N) is 2. The third-order valence-electron chi connectivity index (χ3n) is 4.64. The molecule has 1 amide bonds. The molecular formula is C19H32IN5O3S. The van der Waals surface area contributed by atoms with Crippen LogP contribution in [0.1, 0.15) is 65.9 Å². The second-order valence-electron chi connectivity index (χ2n) is 6.82. The van der Waals surface area contributed by atoms with E-state index in [0.717, 1.165) is 24.3 Å². The number of hydrogen-bond acceptors (Lipinski definition) is 6. The van der Waals surface area contributed by atoms with E-state index in [-0.39, 0.29) is 47.8 Å². The van der Waals surface area contributed by atoms with Crippen LogP contribution in [0.25, 0.3) is 0 Å². The van der Waals surface area contributed by atoms with Crippen molar-refractivity contribution in [2.75, 3.05) is 26.7 Å². The third-order valence-corrected chi connectivity index (χ3v) is 5.96. The molecular weight excluding hydrogens is 505 g/mol. The van der Waals surface area contributed by atoms with Crippen molar-refractivity contribution in [2.45, 2.75) is 52.5 Å². The summed E-state index contributed by atoms with van der Waals surface area (Å²) in [5, 5.41) is 10.3. The highest BCUT2D eigenvalue weighted by atomic mass is 127. The number of aliphatic imine (C=N–C) groups is 1. The lowest BCUT2D eigenvalue weighted by atomic mass is 9.85. The average Bonchev–Trinajstić information content (AvgIpc) is 3.01. The molecule has 1 heterocycles. The number of guanidine groups is 1. The molecule has 3 N–H and O–H groups in total. The second-order valence-corrected chi connectivity index (χ2v) is 7.86. The Kier molecular flexibility index (Phi) is 11.5. The standard InChI is InChI=1S/C19H31N5O3S.HI/c1-5-27-18(26)15-12(2)23-17(28-15)13(3)24-19(20-4)22-11-7-10-21-16(25)14-8-6-9-14;/h13-14H,5-11H2,1-4H3,(H,21,25)(H2,20,22,24);1H. The molecule has 0 aliphatic heterocycles. The van der Waals surface area contributed by atoms with Gasteiger partial charge >= 0.3 is 5.97 Å². The number of carbonyl (C=O) groups is 2. The quantitative estimate of drug-likeness (QED) is 0.147. The number of thiazole rings is 1. The Morgan fingerprint density at radius 2 is 2.00 bits per heavy atom. The van der Waals surface area contributed by atoms with E-state index in [1.807, 2.05) is 13.8 Å². The molecule has 0 spiro atoms. The number of halogens is 1. The normalized spacial score (nSPS) is 15.0. The summed E-state index contributed by atoms with van der Waals surface area (Å²) < 4.78 is 5.07. The first-order valence-corrected chi connectivity index (χ1v) is 10.7. The van der Waals surface area contributed by atoms with Crippen LogP contribution in [0.15, 0.2) is 4.99 Å². The van der Waals surface area contributed by atoms with Crippen molar-refractivity contribution in [1.29, 1.82) is 0 Å². The molecule has 8 nitrogen and oxygen atoms in total. The van der Waals surface area contributed by atoms with Crippen molar-refractivity contribution in [3.8, 4) is 0 Å². The van der Waals surface area contributed by atoms with Gasteiger partial charge in [0.05, 0.1) is 18.3 Å². The van der Waals surface area contributed by atoms with Crippen LogP contribution in [0.3, 0.4) is 0 Å². The number of aryl methyl sites for hydroxylation is 1. The zero-order valence-electron chi connectivity index (χ0n) is 17.5. The van der Waals surface area contributed by atoms with Crippen molar-refractivity contribution in [1.82, 2.24) is 20.9 Å². The van der Waals surface area contributed by atoms with Gasteiger partial charge in [-0.15, -0.1) is 35.3 Å². The lowest BCUT2D eigenvalue weighted by molar-refractivity contribution is -0.127. The molecule has 1 aliphatic carbocycles. The Labute approximate surface area is 193 Å². The monoisotopic (exact) mass is 537 g/mol. The highest BCUT2D eigenvalue weighted by Gasteiger charge is 2.24. The zero-order chi connectivity index (χ0) is 20.5. The molecule has 164 valence electrons. The van der Waals surface area contributed by atoms with E-state index >= 15 is 0 Å². The highest BCUT2D eigenvalue weighted by Crippen LogP contribution is 2.26. The summed E-state index contributed by atoms with van der Waals surface area (Å²) in [7, 11) is 1.71. The second kappa shape index (κ2) is 13.0. The molecule has 1 saturated carbocycles. The minimum atomic E-state index is -0.331. The number of rotatable bonds is 9. The third kappa shape index (κ3) is 7.72. The van der Waals surface area contributed by atoms with Crippen LogP contribution >= 0.6 is 35.3 Å². The molecule has 1 atom stereocenters. The van der Waals surface area contributed by atoms with Crippen molar-refractivity contribution in [3.05, 3.63) is 15.6 Å². The summed E-state index contributed by atoms with van der Waals surface area (Å²) in [5.41, 5.74) is 0.678. The van der Waals surface area contributed by atoms with Gasteiger partial charge in [0.2, 0.25) is 5.91 Å². The largest absolute Gasteiger partial charge is 0.462 e. The van der Waals surface area contributed by atoms with Gasteiger partial charge < -0.3 is 20.7 Å². The number of esters is 1. The minimum absolute atomic E-state index is 0. The van der Waals surface area contributed by atoms with Crippen LogP contribution in [-0.4, -0.2) is 49.6 Å². The van der Waals surface area contributed by atoms with E-state index in [0.29, 0.717) is 36.2 Å². The van der Waals surface area contributed by atoms with Crippen molar-refractivity contribution in [3.63, 3.8) is 0 Å². The first kappa shape index (κ1) is 25.6. The summed E-state index contributed by atoms with van der Waals surface area (Å²) in [5.74, 6) is 0.731.